The number of carbonyl (C=O) groups is 1. The van der Waals surface area contributed by atoms with Crippen molar-refractivity contribution in [2.24, 2.45) is 0 Å². The smallest absolute Gasteiger partial charge is 0.331 e. The average Bonchev–Trinajstić information content (AvgIpc) is 3.11. The molecule has 7 heteroatoms. The van der Waals surface area contributed by atoms with Crippen LogP contribution in [0.2, 0.25) is 5.02 Å². The molecule has 3 rings (SSSR count). The molecule has 1 aromatic heterocycles. The van der Waals surface area contributed by atoms with E-state index in [0.717, 1.165) is 30.7 Å². The number of phenols is 2. The quantitative estimate of drug-likeness (QED) is 0.319. The molecule has 1 heterocycles. The van der Waals surface area contributed by atoms with Crippen molar-refractivity contribution in [3.63, 3.8) is 0 Å². The third-order valence-corrected chi connectivity index (χ3v) is 5.41. The molecule has 0 bridgehead atoms. The number of aliphatic carboxylic acids is 1. The Morgan fingerprint density at radius 1 is 1.16 bits per heavy atom. The van der Waals surface area contributed by atoms with Crippen molar-refractivity contribution in [2.75, 3.05) is 0 Å². The minimum atomic E-state index is -1.06. The molecule has 162 valence electrons. The molecule has 0 fully saturated rings. The zero-order valence-electron chi connectivity index (χ0n) is 17.3. The summed E-state index contributed by atoms with van der Waals surface area (Å²) in [6.45, 7) is 2.59. The number of aromatic hydroxyl groups is 2. The third kappa shape index (κ3) is 5.67. The Kier molecular flexibility index (Phi) is 7.36. The van der Waals surface area contributed by atoms with Crippen LogP contribution < -0.4 is 0 Å². The third-order valence-electron chi connectivity index (χ3n) is 5.04. The molecular weight excluding hydrogens is 416 g/mol. The molecule has 0 atom stereocenters. The van der Waals surface area contributed by atoms with Crippen LogP contribution in [0.4, 0.5) is 0 Å². The van der Waals surface area contributed by atoms with E-state index in [-0.39, 0.29) is 23.5 Å². The van der Waals surface area contributed by atoms with E-state index in [1.807, 2.05) is 28.8 Å². The molecule has 3 aromatic rings. The summed E-state index contributed by atoms with van der Waals surface area (Å²) >= 11 is 6.35. The van der Waals surface area contributed by atoms with Gasteiger partial charge in [-0.1, -0.05) is 49.2 Å². The highest BCUT2D eigenvalue weighted by molar-refractivity contribution is 6.31. The van der Waals surface area contributed by atoms with E-state index in [4.69, 9.17) is 11.6 Å². The van der Waals surface area contributed by atoms with Crippen molar-refractivity contribution in [2.45, 2.75) is 39.2 Å². The van der Waals surface area contributed by atoms with E-state index >= 15 is 0 Å². The number of hydrogen-bond donors (Lipinski definition) is 3. The molecule has 3 N–H and O–H groups in total. The highest BCUT2D eigenvalue weighted by atomic mass is 35.5. The first-order valence-electron chi connectivity index (χ1n) is 10.1. The lowest BCUT2D eigenvalue weighted by atomic mass is 10.0. The molecule has 0 saturated heterocycles. The first-order valence-corrected chi connectivity index (χ1v) is 10.5. The number of benzene rings is 2. The number of hydrogen-bond acceptors (Lipinski definition) is 4. The molecule has 2 aromatic carbocycles. The topological polar surface area (TPSA) is 95.6 Å². The van der Waals surface area contributed by atoms with Gasteiger partial charge in [-0.05, 0) is 41.8 Å². The minimum absolute atomic E-state index is 0.0880. The second kappa shape index (κ2) is 10.2. The number of nitrogens with zero attached hydrogens (tertiary/aromatic N) is 2. The summed E-state index contributed by atoms with van der Waals surface area (Å²) in [4.78, 5) is 16.5. The fraction of sp³-hybridized carbons (Fsp3) is 0.250. The fourth-order valence-corrected chi connectivity index (χ4v) is 3.52. The van der Waals surface area contributed by atoms with Crippen LogP contribution in [0.25, 0.3) is 6.08 Å². The van der Waals surface area contributed by atoms with E-state index < -0.39 is 5.97 Å². The number of aryl methyl sites for hydroxylation is 1. The van der Waals surface area contributed by atoms with E-state index in [2.05, 4.69) is 11.9 Å². The summed E-state index contributed by atoms with van der Waals surface area (Å²) < 4.78 is 1.99. The highest BCUT2D eigenvalue weighted by Crippen LogP contribution is 2.27. The number of aromatic nitrogens is 2. The van der Waals surface area contributed by atoms with Gasteiger partial charge in [0.25, 0.3) is 0 Å². The van der Waals surface area contributed by atoms with Gasteiger partial charge in [0.15, 0.2) is 11.5 Å². The van der Waals surface area contributed by atoms with Gasteiger partial charge in [-0.3, -0.25) is 0 Å². The molecule has 0 aliphatic heterocycles. The fourth-order valence-electron chi connectivity index (χ4n) is 3.32. The Bertz CT molecular complexity index is 1100. The van der Waals surface area contributed by atoms with Crippen molar-refractivity contribution < 1.29 is 20.1 Å². The highest BCUT2D eigenvalue weighted by Gasteiger charge is 2.15. The second-order valence-corrected chi connectivity index (χ2v) is 7.76. The largest absolute Gasteiger partial charge is 0.504 e. The van der Waals surface area contributed by atoms with Crippen LogP contribution in [0.5, 0.6) is 11.5 Å². The lowest BCUT2D eigenvalue weighted by Gasteiger charge is -2.13. The molecular formula is C24H25ClN2O4. The van der Waals surface area contributed by atoms with E-state index in [1.165, 1.54) is 12.1 Å². The van der Waals surface area contributed by atoms with Gasteiger partial charge in [0.1, 0.15) is 5.82 Å². The zero-order valence-corrected chi connectivity index (χ0v) is 18.0. The predicted octanol–water partition coefficient (Wildman–Crippen LogP) is 5.05. The van der Waals surface area contributed by atoms with Crippen LogP contribution in [-0.4, -0.2) is 30.8 Å². The van der Waals surface area contributed by atoms with Crippen molar-refractivity contribution >= 4 is 23.6 Å². The number of rotatable bonds is 9. The maximum Gasteiger partial charge on any atom is 0.331 e. The Morgan fingerprint density at radius 3 is 2.61 bits per heavy atom. The Balaban J connectivity index is 1.98. The molecule has 0 saturated carbocycles. The van der Waals surface area contributed by atoms with Crippen LogP contribution in [0.15, 0.2) is 54.2 Å². The summed E-state index contributed by atoms with van der Waals surface area (Å²) in [6.07, 6.45) is 6.15. The van der Waals surface area contributed by atoms with Crippen molar-refractivity contribution in [3.05, 3.63) is 81.9 Å². The number of phenolic OH excluding ortho intramolecular Hbond substituents is 2. The summed E-state index contributed by atoms with van der Waals surface area (Å²) in [7, 11) is 0. The van der Waals surface area contributed by atoms with Crippen molar-refractivity contribution in [1.82, 2.24) is 9.55 Å². The van der Waals surface area contributed by atoms with E-state index in [1.54, 1.807) is 18.3 Å². The molecule has 6 nitrogen and oxygen atoms in total. The van der Waals surface area contributed by atoms with Gasteiger partial charge in [-0.15, -0.1) is 0 Å². The van der Waals surface area contributed by atoms with Crippen LogP contribution in [-0.2, 0) is 24.2 Å². The molecule has 0 amide bonds. The SMILES string of the molecule is CCCCc1ncc(/C=C(\Cc2ccc(O)c(O)c2)C(=O)O)n1Cc1ccccc1Cl. The Hall–Kier alpha value is -3.25. The number of unbranched alkanes of at least 4 members (excludes halogenated alkanes) is 1. The summed E-state index contributed by atoms with van der Waals surface area (Å²) in [5.74, 6) is -0.718. The van der Waals surface area contributed by atoms with Crippen LogP contribution in [0.1, 0.15) is 42.4 Å². The van der Waals surface area contributed by atoms with Gasteiger partial charge in [0.2, 0.25) is 0 Å². The zero-order chi connectivity index (χ0) is 22.4. The molecule has 0 aliphatic rings. The lowest BCUT2D eigenvalue weighted by Crippen LogP contribution is -2.09. The summed E-state index contributed by atoms with van der Waals surface area (Å²) in [5, 5.41) is 29.6. The van der Waals surface area contributed by atoms with E-state index in [0.29, 0.717) is 22.8 Å². The van der Waals surface area contributed by atoms with Crippen LogP contribution in [0, 0.1) is 0 Å². The second-order valence-electron chi connectivity index (χ2n) is 7.35. The number of carboxylic acids is 1. The van der Waals surface area contributed by atoms with Crippen molar-refractivity contribution in [3.8, 4) is 11.5 Å². The minimum Gasteiger partial charge on any atom is -0.504 e. The van der Waals surface area contributed by atoms with Gasteiger partial charge in [0.05, 0.1) is 18.4 Å². The van der Waals surface area contributed by atoms with Gasteiger partial charge >= 0.3 is 5.97 Å². The van der Waals surface area contributed by atoms with Crippen LogP contribution in [0.3, 0.4) is 0 Å². The summed E-state index contributed by atoms with van der Waals surface area (Å²) in [6, 6.07) is 11.8. The maximum atomic E-state index is 11.9. The van der Waals surface area contributed by atoms with Crippen LogP contribution >= 0.6 is 11.6 Å². The van der Waals surface area contributed by atoms with Gasteiger partial charge in [-0.25, -0.2) is 9.78 Å². The lowest BCUT2D eigenvalue weighted by molar-refractivity contribution is -0.132. The maximum absolute atomic E-state index is 11.9. The van der Waals surface area contributed by atoms with Crippen molar-refractivity contribution in [1.29, 1.82) is 0 Å². The standard InChI is InChI=1S/C24H25ClN2O4/c1-2-3-8-23-26-14-19(27(23)15-17-6-4-5-7-20(17)25)13-18(24(30)31)11-16-9-10-21(28)22(29)12-16/h4-7,9-10,12-14,28-29H,2-3,8,11,15H2,1H3,(H,30,31)/b18-13+. The first-order chi connectivity index (χ1) is 14.9. The molecule has 0 aliphatic carbocycles. The Labute approximate surface area is 186 Å². The predicted molar refractivity (Wildman–Crippen MR) is 120 cm³/mol. The van der Waals surface area contributed by atoms with E-state index in [9.17, 15) is 20.1 Å². The normalized spacial score (nSPS) is 11.6. The molecule has 0 unspecified atom stereocenters. The molecule has 0 radical (unpaired) electrons. The van der Waals surface area contributed by atoms with Gasteiger partial charge < -0.3 is 19.9 Å². The number of halogens is 1. The molecule has 31 heavy (non-hydrogen) atoms. The monoisotopic (exact) mass is 440 g/mol. The molecule has 0 spiro atoms. The summed E-state index contributed by atoms with van der Waals surface area (Å²) in [5.41, 5.74) is 2.32. The Morgan fingerprint density at radius 2 is 1.94 bits per heavy atom. The number of carboxylic acid groups (broad SMARTS) is 1. The van der Waals surface area contributed by atoms with Gasteiger partial charge in [0, 0.05) is 23.4 Å². The first kappa shape index (κ1) is 22.4. The average molecular weight is 441 g/mol. The number of imidazole rings is 1. The van der Waals surface area contributed by atoms with Gasteiger partial charge in [-0.2, -0.15) is 0 Å².